The number of piperidine rings is 1. The Bertz CT molecular complexity index is 352. The Morgan fingerprint density at radius 2 is 2.15 bits per heavy atom. The van der Waals surface area contributed by atoms with Crippen LogP contribution in [0.3, 0.4) is 0 Å². The van der Waals surface area contributed by atoms with Crippen LogP contribution < -0.4 is 10.6 Å². The van der Waals surface area contributed by atoms with Crippen molar-refractivity contribution in [2.24, 2.45) is 5.92 Å². The minimum atomic E-state index is -0.210. The van der Waals surface area contributed by atoms with Crippen LogP contribution in [0.2, 0.25) is 0 Å². The normalized spacial score (nSPS) is 22.1. The van der Waals surface area contributed by atoms with Gasteiger partial charge in [0.25, 0.3) is 0 Å². The summed E-state index contributed by atoms with van der Waals surface area (Å²) in [6.45, 7) is 14.5. The molecule has 20 heavy (non-hydrogen) atoms. The number of hydrogen-bond donors (Lipinski definition) is 2. The van der Waals surface area contributed by atoms with E-state index < -0.39 is 0 Å². The first-order valence-corrected chi connectivity index (χ1v) is 7.69. The summed E-state index contributed by atoms with van der Waals surface area (Å²) in [5.41, 5.74) is -0.210. The molecule has 0 saturated carbocycles. The van der Waals surface area contributed by atoms with Crippen molar-refractivity contribution in [1.29, 1.82) is 0 Å². The minimum absolute atomic E-state index is 0.0936. The number of rotatable bonds is 4. The summed E-state index contributed by atoms with van der Waals surface area (Å²) in [6, 6.07) is 0.0626. The SMILES string of the molecule is C=C(Cl)CN1CCC[C@H]([C@@H](C)NC(=O)NC(C)(C)C)C1. The van der Waals surface area contributed by atoms with Crippen molar-refractivity contribution in [1.82, 2.24) is 15.5 Å². The van der Waals surface area contributed by atoms with Crippen molar-refractivity contribution < 1.29 is 4.79 Å². The molecule has 116 valence electrons. The van der Waals surface area contributed by atoms with E-state index in [0.717, 1.165) is 32.5 Å². The van der Waals surface area contributed by atoms with E-state index >= 15 is 0 Å². The average Bonchev–Trinajstić information content (AvgIpc) is 2.25. The Morgan fingerprint density at radius 3 is 2.70 bits per heavy atom. The van der Waals surface area contributed by atoms with Gasteiger partial charge in [0.1, 0.15) is 0 Å². The largest absolute Gasteiger partial charge is 0.335 e. The van der Waals surface area contributed by atoms with E-state index in [2.05, 4.69) is 29.0 Å². The van der Waals surface area contributed by atoms with Gasteiger partial charge in [-0.15, -0.1) is 0 Å². The lowest BCUT2D eigenvalue weighted by atomic mass is 9.91. The summed E-state index contributed by atoms with van der Waals surface area (Å²) < 4.78 is 0. The van der Waals surface area contributed by atoms with Gasteiger partial charge in [-0.2, -0.15) is 0 Å². The van der Waals surface area contributed by atoms with Crippen LogP contribution in [0.1, 0.15) is 40.5 Å². The fourth-order valence-corrected chi connectivity index (χ4v) is 2.76. The molecule has 2 atom stereocenters. The van der Waals surface area contributed by atoms with Gasteiger partial charge < -0.3 is 10.6 Å². The Labute approximate surface area is 127 Å². The number of carbonyl (C=O) groups is 1. The zero-order valence-electron chi connectivity index (χ0n) is 13.1. The predicted molar refractivity (Wildman–Crippen MR) is 85.0 cm³/mol. The number of nitrogens with zero attached hydrogens (tertiary/aromatic N) is 1. The lowest BCUT2D eigenvalue weighted by Gasteiger charge is -2.36. The molecule has 2 N–H and O–H groups in total. The van der Waals surface area contributed by atoms with Crippen LogP contribution in [0, 0.1) is 5.92 Å². The zero-order chi connectivity index (χ0) is 15.3. The minimum Gasteiger partial charge on any atom is -0.335 e. The van der Waals surface area contributed by atoms with Gasteiger partial charge in [-0.1, -0.05) is 18.2 Å². The van der Waals surface area contributed by atoms with Gasteiger partial charge in [0.15, 0.2) is 0 Å². The Kier molecular flexibility index (Phi) is 6.34. The van der Waals surface area contributed by atoms with Gasteiger partial charge in [-0.05, 0) is 53.0 Å². The zero-order valence-corrected chi connectivity index (χ0v) is 13.9. The van der Waals surface area contributed by atoms with Gasteiger partial charge in [0.05, 0.1) is 0 Å². The highest BCUT2D eigenvalue weighted by molar-refractivity contribution is 6.29. The predicted octanol–water partition coefficient (Wildman–Crippen LogP) is 2.94. The van der Waals surface area contributed by atoms with E-state index in [9.17, 15) is 4.79 Å². The maximum absolute atomic E-state index is 11.9. The van der Waals surface area contributed by atoms with E-state index in [1.165, 1.54) is 0 Å². The lowest BCUT2D eigenvalue weighted by molar-refractivity contribution is 0.161. The van der Waals surface area contributed by atoms with E-state index in [0.29, 0.717) is 11.0 Å². The molecular weight excluding hydrogens is 274 g/mol. The fraction of sp³-hybridized carbons (Fsp3) is 0.800. The maximum Gasteiger partial charge on any atom is 0.315 e. The summed E-state index contributed by atoms with van der Waals surface area (Å²) in [5.74, 6) is 0.463. The molecule has 5 heteroatoms. The average molecular weight is 302 g/mol. The Morgan fingerprint density at radius 1 is 1.50 bits per heavy atom. The van der Waals surface area contributed by atoms with Gasteiger partial charge in [-0.25, -0.2) is 4.79 Å². The number of halogens is 1. The van der Waals surface area contributed by atoms with Gasteiger partial charge in [-0.3, -0.25) is 4.90 Å². The number of likely N-dealkylation sites (tertiary alicyclic amines) is 1. The summed E-state index contributed by atoms with van der Waals surface area (Å²) in [6.07, 6.45) is 2.28. The number of nitrogens with one attached hydrogen (secondary N) is 2. The second-order valence-corrected chi connectivity index (χ2v) is 7.33. The molecule has 1 rings (SSSR count). The summed E-state index contributed by atoms with van der Waals surface area (Å²) in [4.78, 5) is 14.2. The molecule has 0 aromatic carbocycles. The summed E-state index contributed by atoms with van der Waals surface area (Å²) in [5, 5.41) is 6.66. The highest BCUT2D eigenvalue weighted by Crippen LogP contribution is 2.20. The number of carbonyl (C=O) groups excluding carboxylic acids is 1. The highest BCUT2D eigenvalue weighted by Gasteiger charge is 2.26. The molecule has 0 aliphatic carbocycles. The van der Waals surface area contributed by atoms with Crippen molar-refractivity contribution in [2.45, 2.75) is 52.1 Å². The van der Waals surface area contributed by atoms with Crippen LogP contribution in [0.4, 0.5) is 4.79 Å². The van der Waals surface area contributed by atoms with Gasteiger partial charge in [0.2, 0.25) is 0 Å². The molecule has 1 saturated heterocycles. The number of hydrogen-bond acceptors (Lipinski definition) is 2. The lowest BCUT2D eigenvalue weighted by Crippen LogP contribution is -2.52. The summed E-state index contributed by atoms with van der Waals surface area (Å²) in [7, 11) is 0. The van der Waals surface area contributed by atoms with E-state index in [4.69, 9.17) is 11.6 Å². The van der Waals surface area contributed by atoms with Crippen molar-refractivity contribution in [3.05, 3.63) is 11.6 Å². The Balaban J connectivity index is 2.44. The third-order valence-corrected chi connectivity index (χ3v) is 3.61. The van der Waals surface area contributed by atoms with Crippen LogP contribution >= 0.6 is 11.6 Å². The van der Waals surface area contributed by atoms with Crippen molar-refractivity contribution in [2.75, 3.05) is 19.6 Å². The topological polar surface area (TPSA) is 44.4 Å². The Hall–Kier alpha value is -0.740. The molecule has 2 amide bonds. The fourth-order valence-electron chi connectivity index (χ4n) is 2.59. The van der Waals surface area contributed by atoms with Crippen LogP contribution in [0.25, 0.3) is 0 Å². The second-order valence-electron chi connectivity index (χ2n) is 6.79. The van der Waals surface area contributed by atoms with E-state index in [1.807, 2.05) is 20.8 Å². The standard InChI is InChI=1S/C15H28ClN3O/c1-11(16)9-19-8-6-7-13(10-19)12(2)17-14(20)18-15(3,4)5/h12-13H,1,6-10H2,2-5H3,(H2,17,18,20)/t12-,13+/m1/s1. The van der Waals surface area contributed by atoms with Crippen molar-refractivity contribution in [3.8, 4) is 0 Å². The highest BCUT2D eigenvalue weighted by atomic mass is 35.5. The molecule has 0 unspecified atom stereocenters. The van der Waals surface area contributed by atoms with E-state index in [-0.39, 0.29) is 17.6 Å². The molecule has 0 aromatic heterocycles. The van der Waals surface area contributed by atoms with Gasteiger partial charge >= 0.3 is 6.03 Å². The summed E-state index contributed by atoms with van der Waals surface area (Å²) >= 11 is 5.88. The van der Waals surface area contributed by atoms with Crippen LogP contribution in [0.5, 0.6) is 0 Å². The molecule has 0 spiro atoms. The van der Waals surface area contributed by atoms with Gasteiger partial charge in [0, 0.05) is 29.7 Å². The maximum atomic E-state index is 11.9. The number of urea groups is 1. The molecule has 0 aromatic rings. The van der Waals surface area contributed by atoms with Crippen molar-refractivity contribution >= 4 is 17.6 Å². The number of amides is 2. The second kappa shape index (κ2) is 7.32. The first-order chi connectivity index (χ1) is 9.17. The molecule has 1 fully saturated rings. The molecule has 0 bridgehead atoms. The third-order valence-electron chi connectivity index (χ3n) is 3.49. The molecule has 1 aliphatic rings. The quantitative estimate of drug-likeness (QED) is 0.838. The molecule has 4 nitrogen and oxygen atoms in total. The smallest absolute Gasteiger partial charge is 0.315 e. The molecule has 1 aliphatic heterocycles. The molecule has 1 heterocycles. The first-order valence-electron chi connectivity index (χ1n) is 7.31. The van der Waals surface area contributed by atoms with Crippen molar-refractivity contribution in [3.63, 3.8) is 0 Å². The first kappa shape index (κ1) is 17.3. The van der Waals surface area contributed by atoms with Crippen LogP contribution in [-0.4, -0.2) is 42.1 Å². The van der Waals surface area contributed by atoms with E-state index in [1.54, 1.807) is 0 Å². The van der Waals surface area contributed by atoms with Crippen LogP contribution in [0.15, 0.2) is 11.6 Å². The van der Waals surface area contributed by atoms with Crippen LogP contribution in [-0.2, 0) is 0 Å². The molecular formula is C15H28ClN3O. The third kappa shape index (κ3) is 6.62. The molecule has 0 radical (unpaired) electrons. The monoisotopic (exact) mass is 301 g/mol.